The van der Waals surface area contributed by atoms with Crippen LogP contribution in [0.2, 0.25) is 5.02 Å². The molecule has 0 aliphatic carbocycles. The maximum atomic E-state index is 6.30. The molecule has 0 spiro atoms. The lowest BCUT2D eigenvalue weighted by Gasteiger charge is -2.29. The summed E-state index contributed by atoms with van der Waals surface area (Å²) in [6.07, 6.45) is 1.88. The molecule has 6 nitrogen and oxygen atoms in total. The van der Waals surface area contributed by atoms with Crippen molar-refractivity contribution in [1.82, 2.24) is 14.5 Å². The lowest BCUT2D eigenvalue weighted by molar-refractivity contribution is 0.416. The summed E-state index contributed by atoms with van der Waals surface area (Å²) in [5.74, 6) is 2.02. The Hall–Kier alpha value is -3.25. The number of nitrogen functional groups attached to an aromatic ring is 1. The van der Waals surface area contributed by atoms with Gasteiger partial charge in [0.15, 0.2) is 0 Å². The number of nitrogens with zero attached hydrogens (tertiary/aromatic N) is 4. The fourth-order valence-corrected chi connectivity index (χ4v) is 4.46. The molecule has 0 saturated heterocycles. The monoisotopic (exact) mass is 449 g/mol. The van der Waals surface area contributed by atoms with E-state index in [1.807, 2.05) is 49.9 Å². The molecular formula is C25H28ClN5O. The van der Waals surface area contributed by atoms with E-state index < -0.39 is 0 Å². The van der Waals surface area contributed by atoms with Crippen molar-refractivity contribution in [3.8, 4) is 16.9 Å². The van der Waals surface area contributed by atoms with Crippen molar-refractivity contribution >= 4 is 40.1 Å². The molecule has 4 rings (SSSR count). The lowest BCUT2D eigenvalue weighted by atomic mass is 9.97. The Labute approximate surface area is 193 Å². The van der Waals surface area contributed by atoms with Crippen LogP contribution in [0.15, 0.2) is 42.6 Å². The summed E-state index contributed by atoms with van der Waals surface area (Å²) in [4.78, 5) is 11.6. The number of benzene rings is 2. The van der Waals surface area contributed by atoms with Gasteiger partial charge in [-0.05, 0) is 69.2 Å². The van der Waals surface area contributed by atoms with Crippen LogP contribution in [0.1, 0.15) is 25.0 Å². The number of aromatic nitrogens is 3. The second-order valence-corrected chi connectivity index (χ2v) is 8.75. The summed E-state index contributed by atoms with van der Waals surface area (Å²) >= 11 is 6.28. The molecule has 0 aliphatic rings. The van der Waals surface area contributed by atoms with Crippen LogP contribution in [-0.2, 0) is 7.05 Å². The molecule has 0 saturated carbocycles. The average Bonchev–Trinajstić information content (AvgIpc) is 3.04. The van der Waals surface area contributed by atoms with Gasteiger partial charge in [-0.2, -0.15) is 0 Å². The van der Waals surface area contributed by atoms with Gasteiger partial charge in [-0.1, -0.05) is 17.7 Å². The Morgan fingerprint density at radius 3 is 2.50 bits per heavy atom. The third kappa shape index (κ3) is 3.65. The minimum absolute atomic E-state index is 0.169. The maximum Gasteiger partial charge on any atom is 0.201 e. The number of methoxy groups -OCH3 is 1. The molecule has 2 N–H and O–H groups in total. The number of aryl methyl sites for hydroxylation is 3. The van der Waals surface area contributed by atoms with E-state index in [2.05, 4.69) is 41.9 Å². The normalized spacial score (nSPS) is 11.4. The highest BCUT2D eigenvalue weighted by Crippen LogP contribution is 2.43. The summed E-state index contributed by atoms with van der Waals surface area (Å²) in [5.41, 5.74) is 13.1. The number of ether oxygens (including phenoxy) is 1. The standard InChI is InChI=1S/C25H28ClN5O/c1-14(2)31(21-10-7-15(3)13-28-21)19-9-8-18(23-24(19)30(5)25(27)29-23)22-16(4)11-17(26)12-20(22)32-6/h7-14H,1-6H3,(H2,27,29). The van der Waals surface area contributed by atoms with Crippen molar-refractivity contribution in [2.24, 2.45) is 7.05 Å². The molecule has 7 heteroatoms. The molecule has 32 heavy (non-hydrogen) atoms. The van der Waals surface area contributed by atoms with E-state index in [0.717, 1.165) is 44.8 Å². The topological polar surface area (TPSA) is 69.2 Å². The van der Waals surface area contributed by atoms with E-state index in [4.69, 9.17) is 27.1 Å². The number of anilines is 3. The predicted molar refractivity (Wildman–Crippen MR) is 133 cm³/mol. The van der Waals surface area contributed by atoms with E-state index in [9.17, 15) is 0 Å². The second-order valence-electron chi connectivity index (χ2n) is 8.32. The Morgan fingerprint density at radius 1 is 1.12 bits per heavy atom. The number of hydrogen-bond acceptors (Lipinski definition) is 5. The van der Waals surface area contributed by atoms with E-state index in [1.54, 1.807) is 7.11 Å². The first-order valence-electron chi connectivity index (χ1n) is 10.5. The zero-order valence-corrected chi connectivity index (χ0v) is 20.0. The third-order valence-electron chi connectivity index (χ3n) is 5.71. The lowest BCUT2D eigenvalue weighted by Crippen LogP contribution is -2.27. The summed E-state index contributed by atoms with van der Waals surface area (Å²) in [7, 11) is 3.58. The average molecular weight is 450 g/mol. The van der Waals surface area contributed by atoms with Crippen LogP contribution in [0.25, 0.3) is 22.2 Å². The molecule has 0 radical (unpaired) electrons. The molecule has 4 aromatic rings. The van der Waals surface area contributed by atoms with Gasteiger partial charge in [0.2, 0.25) is 5.95 Å². The first-order valence-corrected chi connectivity index (χ1v) is 10.9. The van der Waals surface area contributed by atoms with Crippen molar-refractivity contribution in [2.75, 3.05) is 17.7 Å². The molecule has 0 unspecified atom stereocenters. The van der Waals surface area contributed by atoms with Crippen molar-refractivity contribution < 1.29 is 4.74 Å². The molecule has 0 atom stereocenters. The Morgan fingerprint density at radius 2 is 1.88 bits per heavy atom. The van der Waals surface area contributed by atoms with Gasteiger partial charge in [0, 0.05) is 35.4 Å². The van der Waals surface area contributed by atoms with Crippen LogP contribution in [0.3, 0.4) is 0 Å². The van der Waals surface area contributed by atoms with Gasteiger partial charge in [0.05, 0.1) is 18.3 Å². The van der Waals surface area contributed by atoms with Crippen LogP contribution in [0, 0.1) is 13.8 Å². The zero-order valence-electron chi connectivity index (χ0n) is 19.3. The zero-order chi connectivity index (χ0) is 23.2. The molecular weight excluding hydrogens is 422 g/mol. The summed E-state index contributed by atoms with van der Waals surface area (Å²) < 4.78 is 7.60. The molecule has 0 bridgehead atoms. The fraction of sp³-hybridized carbons (Fsp3) is 0.280. The Balaban J connectivity index is 2.02. The number of hydrogen-bond donors (Lipinski definition) is 1. The van der Waals surface area contributed by atoms with Crippen molar-refractivity contribution in [3.05, 3.63) is 58.7 Å². The van der Waals surface area contributed by atoms with Crippen LogP contribution in [-0.4, -0.2) is 27.7 Å². The highest BCUT2D eigenvalue weighted by atomic mass is 35.5. The molecule has 0 aliphatic heterocycles. The highest BCUT2D eigenvalue weighted by molar-refractivity contribution is 6.31. The van der Waals surface area contributed by atoms with Crippen LogP contribution in [0.5, 0.6) is 5.75 Å². The van der Waals surface area contributed by atoms with Crippen LogP contribution in [0.4, 0.5) is 17.5 Å². The quantitative estimate of drug-likeness (QED) is 0.402. The highest BCUT2D eigenvalue weighted by Gasteiger charge is 2.24. The van der Waals surface area contributed by atoms with Gasteiger partial charge in [-0.15, -0.1) is 0 Å². The summed E-state index contributed by atoms with van der Waals surface area (Å²) in [6, 6.07) is 12.2. The van der Waals surface area contributed by atoms with Gasteiger partial charge in [0.25, 0.3) is 0 Å². The Bertz CT molecular complexity index is 1290. The van der Waals surface area contributed by atoms with Gasteiger partial charge < -0.3 is 19.9 Å². The molecule has 0 fully saturated rings. The van der Waals surface area contributed by atoms with Gasteiger partial charge >= 0.3 is 0 Å². The summed E-state index contributed by atoms with van der Waals surface area (Å²) in [6.45, 7) is 8.35. The maximum absolute atomic E-state index is 6.30. The number of rotatable bonds is 5. The van der Waals surface area contributed by atoms with E-state index >= 15 is 0 Å². The predicted octanol–water partition coefficient (Wildman–Crippen LogP) is 6.04. The van der Waals surface area contributed by atoms with Gasteiger partial charge in [-0.25, -0.2) is 9.97 Å². The van der Waals surface area contributed by atoms with Crippen molar-refractivity contribution in [1.29, 1.82) is 0 Å². The van der Waals surface area contributed by atoms with Crippen molar-refractivity contribution in [3.63, 3.8) is 0 Å². The Kier molecular flexibility index (Phi) is 5.73. The largest absolute Gasteiger partial charge is 0.496 e. The number of halogens is 1. The molecule has 2 aromatic carbocycles. The number of fused-ring (bicyclic) bond motifs is 1. The number of imidazole rings is 1. The van der Waals surface area contributed by atoms with E-state index in [0.29, 0.717) is 16.7 Å². The van der Waals surface area contributed by atoms with Crippen LogP contribution >= 0.6 is 11.6 Å². The van der Waals surface area contributed by atoms with Crippen LogP contribution < -0.4 is 15.4 Å². The molecule has 2 aromatic heterocycles. The van der Waals surface area contributed by atoms with E-state index in [1.165, 1.54) is 0 Å². The van der Waals surface area contributed by atoms with Gasteiger partial charge in [0.1, 0.15) is 17.1 Å². The molecule has 0 amide bonds. The molecule has 2 heterocycles. The SMILES string of the molecule is COc1cc(Cl)cc(C)c1-c1ccc(N(c2ccc(C)cn2)C(C)C)c2c1nc(N)n2C. The van der Waals surface area contributed by atoms with E-state index in [-0.39, 0.29) is 6.04 Å². The fourth-order valence-electron chi connectivity index (χ4n) is 4.20. The first kappa shape index (κ1) is 22.0. The smallest absolute Gasteiger partial charge is 0.201 e. The van der Waals surface area contributed by atoms with Crippen molar-refractivity contribution in [2.45, 2.75) is 33.7 Å². The molecule has 166 valence electrons. The minimum atomic E-state index is 0.169. The second kappa shape index (κ2) is 8.36. The third-order valence-corrected chi connectivity index (χ3v) is 5.93. The van der Waals surface area contributed by atoms with Gasteiger partial charge in [-0.3, -0.25) is 0 Å². The number of nitrogens with two attached hydrogens (primary N) is 1. The summed E-state index contributed by atoms with van der Waals surface area (Å²) in [5, 5.41) is 0.632. The number of pyridine rings is 1. The first-order chi connectivity index (χ1) is 15.2. The minimum Gasteiger partial charge on any atom is -0.496 e.